The molecule has 5 N–H and O–H groups in total. The van der Waals surface area contributed by atoms with E-state index < -0.39 is 11.7 Å². The number of benzene rings is 10. The first-order chi connectivity index (χ1) is 67.5. The Balaban J connectivity index is 0.000000126. The van der Waals surface area contributed by atoms with Crippen LogP contribution in [-0.2, 0) is 38.9 Å². The van der Waals surface area contributed by atoms with Gasteiger partial charge in [0.2, 0.25) is 0 Å². The van der Waals surface area contributed by atoms with Crippen molar-refractivity contribution in [2.24, 2.45) is 0 Å². The van der Waals surface area contributed by atoms with Crippen molar-refractivity contribution in [2.45, 2.75) is 38.9 Å². The second-order valence-electron chi connectivity index (χ2n) is 32.5. The van der Waals surface area contributed by atoms with Crippen LogP contribution < -0.4 is 52.9 Å². The van der Waals surface area contributed by atoms with Crippen LogP contribution in [0.2, 0.25) is 10.0 Å². The zero-order valence-corrected chi connectivity index (χ0v) is 78.1. The van der Waals surface area contributed by atoms with Crippen LogP contribution in [-0.4, -0.2) is 214 Å². The number of carbonyl (C=O) groups is 5. The van der Waals surface area contributed by atoms with E-state index in [2.05, 4.69) is 51.0 Å². The summed E-state index contributed by atoms with van der Waals surface area (Å²) in [6.07, 6.45) is 13.2. The molecule has 10 amide bonds. The van der Waals surface area contributed by atoms with Crippen molar-refractivity contribution in [3.8, 4) is 90.1 Å². The van der Waals surface area contributed by atoms with Gasteiger partial charge in [-0.2, -0.15) is 38.7 Å². The summed E-state index contributed by atoms with van der Waals surface area (Å²) in [4.78, 5) is 81.7. The summed E-state index contributed by atoms with van der Waals surface area (Å²) in [7, 11) is 9.67. The molecular formula is C102H98Cl2F4N20O11. The molecule has 10 aromatic carbocycles. The smallest absolute Gasteiger partial charge is 0.416 e. The van der Waals surface area contributed by atoms with Crippen LogP contribution in [0.3, 0.4) is 0 Å². The van der Waals surface area contributed by atoms with Gasteiger partial charge in [-0.15, -0.1) is 0 Å². The Kier molecular flexibility index (Phi) is 30.3. The molecule has 31 nitrogen and oxygen atoms in total. The molecule has 5 aliphatic heterocycles. The lowest BCUT2D eigenvalue weighted by molar-refractivity contribution is -0.137. The Hall–Kier alpha value is -16.3. The highest BCUT2D eigenvalue weighted by molar-refractivity contribution is 6.31. The number of carbonyl (C=O) groups excluding carboxylic acids is 5. The monoisotopic (exact) mass is 1920 g/mol. The highest BCUT2D eigenvalue weighted by atomic mass is 35.5. The fraction of sp³-hybridized carbons (Fsp3) is 0.216. The number of hydrogen-bond acceptors (Lipinski definition) is 16. The van der Waals surface area contributed by atoms with E-state index >= 15 is 0 Å². The molecule has 5 aliphatic rings. The summed E-state index contributed by atoms with van der Waals surface area (Å²) in [5.74, 6) is 3.87. The quantitative estimate of drug-likeness (QED) is 0.0315. The van der Waals surface area contributed by atoms with Crippen LogP contribution in [0.25, 0.3) is 55.6 Å². The van der Waals surface area contributed by atoms with E-state index in [1.54, 1.807) is 139 Å². The van der Waals surface area contributed by atoms with Gasteiger partial charge in [0.05, 0.1) is 79.2 Å². The Morgan fingerprint density at radius 2 is 0.604 bits per heavy atom. The van der Waals surface area contributed by atoms with Gasteiger partial charge in [0.25, 0.3) is 0 Å². The summed E-state index contributed by atoms with van der Waals surface area (Å²) in [6.45, 7) is 7.98. The molecule has 20 rings (SSSR count). The second-order valence-corrected chi connectivity index (χ2v) is 33.4. The van der Waals surface area contributed by atoms with E-state index in [9.17, 15) is 41.5 Å². The van der Waals surface area contributed by atoms with Crippen molar-refractivity contribution < 1.29 is 70.0 Å². The second kappa shape index (κ2) is 44.0. The molecular weight excluding hydrogens is 1830 g/mol. The van der Waals surface area contributed by atoms with Gasteiger partial charge < -0.3 is 52.9 Å². The lowest BCUT2D eigenvalue weighted by atomic mass is 10.1. The zero-order chi connectivity index (χ0) is 97.2. The number of ether oxygens (including phenoxy) is 6. The summed E-state index contributed by atoms with van der Waals surface area (Å²) in [5.41, 5.74) is 16.5. The molecule has 0 saturated carbocycles. The average molecular weight is 1930 g/mol. The van der Waals surface area contributed by atoms with E-state index in [0.717, 1.165) is 119 Å². The Morgan fingerprint density at radius 1 is 0.309 bits per heavy atom. The van der Waals surface area contributed by atoms with Gasteiger partial charge >= 0.3 is 36.3 Å². The molecule has 5 saturated heterocycles. The highest BCUT2D eigenvalue weighted by Crippen LogP contribution is 2.42. The van der Waals surface area contributed by atoms with Gasteiger partial charge in [0.15, 0.2) is 0 Å². The third kappa shape index (κ3) is 22.6. The Morgan fingerprint density at radius 3 is 0.899 bits per heavy atom. The van der Waals surface area contributed by atoms with Crippen LogP contribution in [0.1, 0.15) is 33.4 Å². The fourth-order valence-corrected chi connectivity index (χ4v) is 17.3. The topological polar surface area (TPSA) is 317 Å². The summed E-state index contributed by atoms with van der Waals surface area (Å²) in [5, 5.41) is 35.1. The van der Waals surface area contributed by atoms with E-state index in [4.69, 9.17) is 51.6 Å². The summed E-state index contributed by atoms with van der Waals surface area (Å²) >= 11 is 12.3. The fourth-order valence-electron chi connectivity index (χ4n) is 16.9. The standard InChI is InChI=1S/C21H19F3N4O2.C21H22N4O3.2C20H19ClN4O2.C20H19FN4O2/c1-30-19-10-17(5-6-18(19)15-11-25-26-12-15)28-8-7-27(20(28)29)13-14-3-2-4-16(9-14)21(22,23)24;1-27-18-5-3-4-15(10-18)14-24-8-9-25(21(24)26)17-6-7-19(20(11-17)28-2)16-12-22-23-13-16;1-27-19-10-17(5-6-18(19)15-11-22-23-12-15)25-8-7-24(20(25)26)13-14-3-2-4-16(21)9-14;1-27-19-10-16(6-7-17(19)15-11-22-23-12-15)25-9-8-24(20(25)26)13-14-4-2-3-5-18(14)21;1-27-19-10-17(5-6-18(19)15-11-22-23-12-15)25-8-7-24(20(25)26)13-14-3-2-4-16(21)9-14/h2-6,9-12H,7-8,13H2,1H3,(H,25,26);3-7,10-13H,8-9,14H2,1-2H3,(H,22,23);2-6,9-12H,7-8,13H2,1H3,(H,22,23);2-7,10-12H,8-9,13H2,1H3,(H,22,23);2-6,9-12H,7-8,13H2,1H3,(H,22,23). The van der Waals surface area contributed by atoms with Gasteiger partial charge in [-0.05, 0) is 143 Å². The molecule has 0 aliphatic carbocycles. The van der Waals surface area contributed by atoms with E-state index in [0.29, 0.717) is 142 Å². The van der Waals surface area contributed by atoms with Crippen LogP contribution in [0.5, 0.6) is 34.5 Å². The maximum Gasteiger partial charge on any atom is 0.416 e. The highest BCUT2D eigenvalue weighted by Gasteiger charge is 2.37. The molecule has 0 bridgehead atoms. The minimum Gasteiger partial charge on any atom is -0.497 e. The molecule has 37 heteroatoms. The number of nitrogens with one attached hydrogen (secondary N) is 5. The van der Waals surface area contributed by atoms with Gasteiger partial charge in [0.1, 0.15) is 40.3 Å². The molecule has 5 aromatic heterocycles. The number of aromatic amines is 5. The average Bonchev–Trinajstić information content (AvgIpc) is 1.70. The summed E-state index contributed by atoms with van der Waals surface area (Å²) in [6, 6.07) is 62.4. The van der Waals surface area contributed by atoms with Crippen molar-refractivity contribution in [3.63, 3.8) is 0 Å². The van der Waals surface area contributed by atoms with Gasteiger partial charge in [-0.1, -0.05) is 89.9 Å². The number of hydrogen-bond donors (Lipinski definition) is 5. The van der Waals surface area contributed by atoms with E-state index in [1.807, 2.05) is 192 Å². The number of urea groups is 5. The summed E-state index contributed by atoms with van der Waals surface area (Å²) < 4.78 is 85.1. The van der Waals surface area contributed by atoms with Crippen LogP contribution in [0.4, 0.5) is 70.0 Å². The zero-order valence-electron chi connectivity index (χ0n) is 76.6. The minimum absolute atomic E-state index is 0.0130. The van der Waals surface area contributed by atoms with Crippen molar-refractivity contribution >= 4 is 81.8 Å². The van der Waals surface area contributed by atoms with Crippen molar-refractivity contribution in [1.82, 2.24) is 75.5 Å². The number of amides is 10. The lowest BCUT2D eigenvalue weighted by Gasteiger charge is -2.20. The minimum atomic E-state index is -4.41. The Labute approximate surface area is 807 Å². The van der Waals surface area contributed by atoms with Crippen LogP contribution in [0, 0.1) is 5.82 Å². The molecule has 0 atom stereocenters. The Bertz CT molecular complexity index is 6610. The van der Waals surface area contributed by atoms with Gasteiger partial charge in [-0.3, -0.25) is 50.0 Å². The number of nitrogens with zero attached hydrogens (tertiary/aromatic N) is 15. The normalized spacial score (nSPS) is 14.1. The number of anilines is 5. The predicted molar refractivity (Wildman–Crippen MR) is 522 cm³/mol. The number of rotatable bonds is 26. The molecule has 5 fully saturated rings. The van der Waals surface area contributed by atoms with Crippen molar-refractivity contribution in [3.05, 3.63) is 324 Å². The maximum absolute atomic E-state index is 13.4. The largest absolute Gasteiger partial charge is 0.497 e. The van der Waals surface area contributed by atoms with Crippen LogP contribution >= 0.6 is 23.2 Å². The molecule has 15 aromatic rings. The number of H-pyrrole nitrogens is 5. The molecule has 714 valence electrons. The van der Waals surface area contributed by atoms with E-state index in [1.165, 1.54) is 23.1 Å². The molecule has 139 heavy (non-hydrogen) atoms. The number of aromatic nitrogens is 10. The lowest BCUT2D eigenvalue weighted by Crippen LogP contribution is -2.31. The van der Waals surface area contributed by atoms with Gasteiger partial charge in [-0.25, -0.2) is 28.4 Å². The SMILES string of the molecule is COc1cc(N2CCN(Cc3cccc(C(F)(F)F)c3)C2=O)ccc1-c1cn[nH]c1.COc1cc(N2CCN(Cc3cccc(Cl)c3)C2=O)ccc1-c1cn[nH]c1.COc1cc(N2CCN(Cc3cccc(F)c3)C2=O)ccc1-c1cn[nH]c1.COc1cc(N2CCN(Cc3ccccc3Cl)C2=O)ccc1-c1cn[nH]c1.COc1cccc(CN2CCN(c3ccc(-c4cn[nH]c4)c(OC)c3)C2=O)c1. The van der Waals surface area contributed by atoms with Gasteiger partial charge in [0, 0.05) is 254 Å². The van der Waals surface area contributed by atoms with Crippen molar-refractivity contribution in [2.75, 3.05) is 133 Å². The number of alkyl halides is 3. The first-order valence-corrected chi connectivity index (χ1v) is 45.0. The molecule has 10 heterocycles. The van der Waals surface area contributed by atoms with E-state index in [-0.39, 0.29) is 42.5 Å². The number of halogens is 6. The third-order valence-electron chi connectivity index (χ3n) is 24.0. The molecule has 0 spiro atoms. The predicted octanol–water partition coefficient (Wildman–Crippen LogP) is 20.1. The van der Waals surface area contributed by atoms with Crippen LogP contribution in [0.15, 0.2) is 274 Å². The first-order valence-electron chi connectivity index (χ1n) is 44.2. The van der Waals surface area contributed by atoms with Crippen molar-refractivity contribution in [1.29, 1.82) is 0 Å². The maximum atomic E-state index is 13.4. The molecule has 0 radical (unpaired) electrons. The first kappa shape index (κ1) is 95.8. The number of methoxy groups -OCH3 is 6. The molecule has 0 unspecified atom stereocenters. The third-order valence-corrected chi connectivity index (χ3v) is 24.6.